The molecule has 40 heavy (non-hydrogen) atoms. The molecule has 4 aromatic rings. The van der Waals surface area contributed by atoms with E-state index in [9.17, 15) is 4.79 Å². The number of fused-ring (bicyclic) bond motifs is 1. The van der Waals surface area contributed by atoms with Crippen molar-refractivity contribution in [2.24, 2.45) is 0 Å². The summed E-state index contributed by atoms with van der Waals surface area (Å²) < 4.78 is 5.57. The molecule has 1 amide bonds. The van der Waals surface area contributed by atoms with E-state index in [2.05, 4.69) is 63.7 Å². The van der Waals surface area contributed by atoms with E-state index in [-0.39, 0.29) is 12.1 Å². The van der Waals surface area contributed by atoms with Gasteiger partial charge in [-0.2, -0.15) is 0 Å². The van der Waals surface area contributed by atoms with Gasteiger partial charge in [0, 0.05) is 29.4 Å². The molecule has 2 aromatic heterocycles. The monoisotopic (exact) mass is 533 g/mol. The van der Waals surface area contributed by atoms with Gasteiger partial charge in [0.15, 0.2) is 0 Å². The van der Waals surface area contributed by atoms with E-state index in [0.29, 0.717) is 5.82 Å². The highest BCUT2D eigenvalue weighted by atomic mass is 16.6. The highest BCUT2D eigenvalue weighted by molar-refractivity contribution is 5.74. The molecule has 0 spiro atoms. The molecule has 0 radical (unpaired) electrons. The van der Waals surface area contributed by atoms with Crippen molar-refractivity contribution in [1.29, 1.82) is 0 Å². The van der Waals surface area contributed by atoms with Crippen LogP contribution in [0.25, 0.3) is 11.3 Å². The fraction of sp³-hybridized carbons (Fsp3) is 0.303. The van der Waals surface area contributed by atoms with Gasteiger partial charge in [-0.25, -0.2) is 14.8 Å². The van der Waals surface area contributed by atoms with Crippen LogP contribution in [0, 0.1) is 0 Å². The van der Waals surface area contributed by atoms with Crippen molar-refractivity contribution in [3.05, 3.63) is 102 Å². The van der Waals surface area contributed by atoms with Crippen LogP contribution in [0.5, 0.6) is 0 Å². The zero-order valence-corrected chi connectivity index (χ0v) is 23.2. The number of benzene rings is 2. The molecule has 2 aromatic carbocycles. The third-order valence-corrected chi connectivity index (χ3v) is 7.85. The van der Waals surface area contributed by atoms with Gasteiger partial charge in [-0.15, -0.1) is 0 Å². The molecular formula is C33H35N5O2. The highest BCUT2D eigenvalue weighted by Crippen LogP contribution is 2.47. The maximum Gasteiger partial charge on any atom is 0.408 e. The summed E-state index contributed by atoms with van der Waals surface area (Å²) in [7, 11) is 0. The average molecular weight is 534 g/mol. The number of nitrogens with two attached hydrogens (primary N) is 1. The number of nitrogens with zero attached hydrogens (tertiary/aromatic N) is 3. The lowest BCUT2D eigenvalue weighted by atomic mass is 9.72. The van der Waals surface area contributed by atoms with Crippen LogP contribution in [0.2, 0.25) is 0 Å². The summed E-state index contributed by atoms with van der Waals surface area (Å²) in [6, 6.07) is 26.9. The largest absolute Gasteiger partial charge is 0.444 e. The lowest BCUT2D eigenvalue weighted by molar-refractivity contribution is 0.0377. The minimum Gasteiger partial charge on any atom is -0.444 e. The van der Waals surface area contributed by atoms with Gasteiger partial charge in [0.05, 0.1) is 17.3 Å². The molecule has 1 aliphatic heterocycles. The molecule has 1 saturated carbocycles. The van der Waals surface area contributed by atoms with Gasteiger partial charge in [-0.05, 0) is 75.4 Å². The highest BCUT2D eigenvalue weighted by Gasteiger charge is 2.41. The van der Waals surface area contributed by atoms with Gasteiger partial charge in [-0.3, -0.25) is 0 Å². The quantitative estimate of drug-likeness (QED) is 0.285. The third-order valence-electron chi connectivity index (χ3n) is 7.85. The number of nitrogen functional groups attached to an aromatic ring is 1. The number of carbonyl (C=O) groups is 1. The first kappa shape index (κ1) is 25.9. The van der Waals surface area contributed by atoms with Gasteiger partial charge >= 0.3 is 6.09 Å². The van der Waals surface area contributed by atoms with Gasteiger partial charge in [-0.1, -0.05) is 54.6 Å². The molecule has 204 valence electrons. The number of hydrogen-bond donors (Lipinski definition) is 2. The maximum absolute atomic E-state index is 12.7. The Morgan fingerprint density at radius 3 is 2.40 bits per heavy atom. The number of pyridine rings is 2. The van der Waals surface area contributed by atoms with E-state index in [1.54, 1.807) is 6.20 Å². The number of amides is 1. The van der Waals surface area contributed by atoms with Gasteiger partial charge in [0.1, 0.15) is 17.2 Å². The Labute approximate surface area is 235 Å². The number of hydrogen-bond acceptors (Lipinski definition) is 6. The minimum atomic E-state index is -0.545. The lowest BCUT2D eigenvalue weighted by Crippen LogP contribution is -2.52. The Bertz CT molecular complexity index is 1520. The first-order chi connectivity index (χ1) is 19.2. The van der Waals surface area contributed by atoms with Gasteiger partial charge in [0.2, 0.25) is 0 Å². The number of alkyl carbamates (subject to hydrolysis) is 1. The predicted molar refractivity (Wildman–Crippen MR) is 158 cm³/mol. The normalized spacial score (nSPS) is 17.6. The first-order valence-electron chi connectivity index (χ1n) is 13.9. The summed E-state index contributed by atoms with van der Waals surface area (Å²) in [6.07, 6.45) is 4.95. The van der Waals surface area contributed by atoms with E-state index >= 15 is 0 Å². The Morgan fingerprint density at radius 2 is 1.75 bits per heavy atom. The van der Waals surface area contributed by atoms with Crippen LogP contribution in [0.1, 0.15) is 62.8 Å². The van der Waals surface area contributed by atoms with Crippen LogP contribution >= 0.6 is 0 Å². The Balaban J connectivity index is 1.37. The number of aromatic nitrogens is 2. The van der Waals surface area contributed by atoms with Crippen LogP contribution in [0.15, 0.2) is 85.1 Å². The zero-order chi connectivity index (χ0) is 27.9. The molecule has 7 nitrogen and oxygen atoms in total. The van der Waals surface area contributed by atoms with Crippen molar-refractivity contribution >= 4 is 23.4 Å². The van der Waals surface area contributed by atoms with Crippen molar-refractivity contribution in [1.82, 2.24) is 15.3 Å². The Kier molecular flexibility index (Phi) is 6.45. The summed E-state index contributed by atoms with van der Waals surface area (Å²) in [4.78, 5) is 24.5. The zero-order valence-electron chi connectivity index (χ0n) is 23.2. The van der Waals surface area contributed by atoms with E-state index in [0.717, 1.165) is 59.6 Å². The number of rotatable bonds is 5. The first-order valence-corrected chi connectivity index (χ1v) is 13.9. The van der Waals surface area contributed by atoms with Crippen molar-refractivity contribution in [2.45, 2.75) is 63.6 Å². The molecule has 7 heteroatoms. The van der Waals surface area contributed by atoms with Crippen LogP contribution in [-0.4, -0.2) is 21.7 Å². The van der Waals surface area contributed by atoms with Crippen molar-refractivity contribution in [2.75, 3.05) is 10.6 Å². The predicted octanol–water partition coefficient (Wildman–Crippen LogP) is 7.07. The number of ether oxygens (including phenoxy) is 1. The van der Waals surface area contributed by atoms with Crippen LogP contribution in [0.3, 0.4) is 0 Å². The van der Waals surface area contributed by atoms with Crippen LogP contribution < -0.4 is 16.0 Å². The summed E-state index contributed by atoms with van der Waals surface area (Å²) in [5, 5.41) is 3.16. The Hall–Kier alpha value is -4.39. The lowest BCUT2D eigenvalue weighted by Gasteiger charge is -2.43. The topological polar surface area (TPSA) is 93.4 Å². The molecular weight excluding hydrogens is 498 g/mol. The van der Waals surface area contributed by atoms with E-state index in [1.807, 2.05) is 51.1 Å². The smallest absolute Gasteiger partial charge is 0.408 e. The molecule has 1 unspecified atom stereocenters. The number of nitrogens with one attached hydrogen (secondary N) is 1. The molecule has 6 rings (SSSR count). The standard InChI is InChI=1S/C33H35N5O2/c1-32(2,3)40-31(39)37-33(18-8-19-33)24-13-15-25(16-14-24)38-28(26-11-7-20-35-29(26)34)21-23-12-17-27(36-30(23)38)22-9-5-4-6-10-22/h4-7,9-17,20,28H,8,18-19,21H2,1-3H3,(H2,34,35)(H,37,39). The second kappa shape index (κ2) is 9.97. The van der Waals surface area contributed by atoms with E-state index in [1.165, 1.54) is 5.56 Å². The molecule has 1 atom stereocenters. The number of anilines is 3. The molecule has 1 fully saturated rings. The molecule has 0 bridgehead atoms. The van der Waals surface area contributed by atoms with Crippen LogP contribution in [-0.2, 0) is 16.7 Å². The van der Waals surface area contributed by atoms with E-state index in [4.69, 9.17) is 15.5 Å². The second-order valence-electron chi connectivity index (χ2n) is 11.7. The van der Waals surface area contributed by atoms with Crippen molar-refractivity contribution < 1.29 is 9.53 Å². The van der Waals surface area contributed by atoms with E-state index < -0.39 is 11.1 Å². The molecule has 2 aliphatic rings. The summed E-state index contributed by atoms with van der Waals surface area (Å²) in [5.74, 6) is 1.45. The molecule has 1 aliphatic carbocycles. The molecule has 3 heterocycles. The van der Waals surface area contributed by atoms with Crippen molar-refractivity contribution in [3.8, 4) is 11.3 Å². The minimum absolute atomic E-state index is 0.0365. The van der Waals surface area contributed by atoms with Crippen molar-refractivity contribution in [3.63, 3.8) is 0 Å². The third kappa shape index (κ3) is 4.88. The Morgan fingerprint density at radius 1 is 1.00 bits per heavy atom. The second-order valence-corrected chi connectivity index (χ2v) is 11.7. The fourth-order valence-electron chi connectivity index (χ4n) is 5.78. The maximum atomic E-state index is 12.7. The molecule has 3 N–H and O–H groups in total. The summed E-state index contributed by atoms with van der Waals surface area (Å²) >= 11 is 0. The average Bonchev–Trinajstić information content (AvgIpc) is 3.29. The molecule has 0 saturated heterocycles. The van der Waals surface area contributed by atoms with Crippen LogP contribution in [0.4, 0.5) is 22.1 Å². The number of carbonyl (C=O) groups excluding carboxylic acids is 1. The van der Waals surface area contributed by atoms with Gasteiger partial charge in [0.25, 0.3) is 0 Å². The SMILES string of the molecule is CC(C)(C)OC(=O)NC1(c2ccc(N3c4nc(-c5ccccc5)ccc4CC3c3cccnc3N)cc2)CCC1. The van der Waals surface area contributed by atoms with Gasteiger partial charge < -0.3 is 20.7 Å². The summed E-state index contributed by atoms with van der Waals surface area (Å²) in [5.41, 5.74) is 11.7. The summed E-state index contributed by atoms with van der Waals surface area (Å²) in [6.45, 7) is 5.64. The fourth-order valence-corrected chi connectivity index (χ4v) is 5.78.